The van der Waals surface area contributed by atoms with Crippen molar-refractivity contribution in [2.45, 2.75) is 12.8 Å². The molecule has 5 heteroatoms. The van der Waals surface area contributed by atoms with Crippen molar-refractivity contribution in [3.63, 3.8) is 0 Å². The number of halogens is 2. The Bertz CT molecular complexity index is 451. The average Bonchev–Trinajstić information content (AvgIpc) is 2.98. The van der Waals surface area contributed by atoms with Crippen LogP contribution in [0.1, 0.15) is 12.0 Å². The number of hydrogen-bond donors (Lipinski definition) is 1. The fraction of sp³-hybridized carbons (Fsp3) is 0.533. The van der Waals surface area contributed by atoms with Gasteiger partial charge >= 0.3 is 0 Å². The van der Waals surface area contributed by atoms with Crippen molar-refractivity contribution in [2.24, 2.45) is 11.8 Å². The second kappa shape index (κ2) is 6.79. The normalized spacial score (nSPS) is 24.4. The molecule has 20 heavy (non-hydrogen) atoms. The number of benzene rings is 1. The van der Waals surface area contributed by atoms with E-state index in [9.17, 15) is 4.79 Å². The highest BCUT2D eigenvalue weighted by atomic mass is 35.5. The van der Waals surface area contributed by atoms with Crippen molar-refractivity contribution in [3.8, 4) is 0 Å². The maximum Gasteiger partial charge on any atom is 0.222 e. The lowest BCUT2D eigenvalue weighted by Gasteiger charge is -2.17. The third-order valence-corrected chi connectivity index (χ3v) is 4.53. The molecule has 1 aromatic carbocycles. The Hall–Kier alpha value is -0.770. The molecular formula is C15H20Cl2N2O. The number of rotatable bonds is 3. The molecule has 1 amide bonds. The predicted molar refractivity (Wildman–Crippen MR) is 83.5 cm³/mol. The summed E-state index contributed by atoms with van der Waals surface area (Å²) in [5, 5.41) is 4.14. The van der Waals surface area contributed by atoms with Gasteiger partial charge in [-0.05, 0) is 36.0 Å². The molecule has 2 atom stereocenters. The zero-order valence-electron chi connectivity index (χ0n) is 11.3. The van der Waals surface area contributed by atoms with Crippen LogP contribution in [0, 0.1) is 11.8 Å². The van der Waals surface area contributed by atoms with Crippen molar-refractivity contribution in [1.29, 1.82) is 0 Å². The highest BCUT2D eigenvalue weighted by molar-refractivity contribution is 6.30. The molecule has 0 aliphatic carbocycles. The third-order valence-electron chi connectivity index (χ3n) is 4.28. The van der Waals surface area contributed by atoms with Gasteiger partial charge in [0.05, 0.1) is 0 Å². The van der Waals surface area contributed by atoms with Crippen molar-refractivity contribution < 1.29 is 4.79 Å². The first-order valence-corrected chi connectivity index (χ1v) is 7.33. The summed E-state index contributed by atoms with van der Waals surface area (Å²) in [5.74, 6) is 1.66. The standard InChI is InChI=1S/C15H19ClN2O.ClH/c16-14-4-1-11(2-5-14)3-6-15(19)18-9-12-7-17-8-13(12)10-18;/h1-2,4-5,12-13,17H,3,6-10H2;1H/t12-,13+;. The Morgan fingerprint density at radius 3 is 2.40 bits per heavy atom. The number of likely N-dealkylation sites (tertiary alicyclic amines) is 1. The van der Waals surface area contributed by atoms with E-state index in [1.807, 2.05) is 29.2 Å². The first kappa shape index (κ1) is 15.6. The molecule has 0 saturated carbocycles. The van der Waals surface area contributed by atoms with E-state index in [4.69, 9.17) is 11.6 Å². The van der Waals surface area contributed by atoms with E-state index in [0.717, 1.165) is 37.6 Å². The molecule has 3 rings (SSSR count). The molecule has 2 aliphatic rings. The first-order valence-electron chi connectivity index (χ1n) is 6.95. The molecule has 2 fully saturated rings. The van der Waals surface area contributed by atoms with E-state index < -0.39 is 0 Å². The predicted octanol–water partition coefficient (Wildman–Crippen LogP) is 2.37. The fourth-order valence-electron chi connectivity index (χ4n) is 3.12. The number of nitrogens with one attached hydrogen (secondary N) is 1. The molecule has 0 spiro atoms. The molecule has 2 aliphatic heterocycles. The van der Waals surface area contributed by atoms with E-state index >= 15 is 0 Å². The number of hydrogen-bond acceptors (Lipinski definition) is 2. The number of carbonyl (C=O) groups is 1. The number of nitrogens with zero attached hydrogens (tertiary/aromatic N) is 1. The topological polar surface area (TPSA) is 32.3 Å². The zero-order chi connectivity index (χ0) is 13.2. The van der Waals surface area contributed by atoms with Crippen molar-refractivity contribution in [1.82, 2.24) is 10.2 Å². The molecule has 0 radical (unpaired) electrons. The summed E-state index contributed by atoms with van der Waals surface area (Å²) in [7, 11) is 0. The van der Waals surface area contributed by atoms with E-state index in [0.29, 0.717) is 24.2 Å². The number of fused-ring (bicyclic) bond motifs is 1. The van der Waals surface area contributed by atoms with Crippen LogP contribution in [-0.2, 0) is 11.2 Å². The highest BCUT2D eigenvalue weighted by Crippen LogP contribution is 2.26. The van der Waals surface area contributed by atoms with E-state index in [-0.39, 0.29) is 12.4 Å². The molecule has 0 bridgehead atoms. The Labute approximate surface area is 131 Å². The molecule has 2 heterocycles. The Kier molecular flexibility index (Phi) is 5.30. The first-order chi connectivity index (χ1) is 9.22. The van der Waals surface area contributed by atoms with Crippen molar-refractivity contribution in [2.75, 3.05) is 26.2 Å². The summed E-state index contributed by atoms with van der Waals surface area (Å²) in [4.78, 5) is 14.2. The van der Waals surface area contributed by atoms with Gasteiger partial charge in [-0.1, -0.05) is 23.7 Å². The lowest BCUT2D eigenvalue weighted by atomic mass is 10.0. The maximum atomic E-state index is 12.2. The summed E-state index contributed by atoms with van der Waals surface area (Å²) < 4.78 is 0. The van der Waals surface area contributed by atoms with Crippen LogP contribution in [0.15, 0.2) is 24.3 Å². The fourth-order valence-corrected chi connectivity index (χ4v) is 3.25. The highest BCUT2D eigenvalue weighted by Gasteiger charge is 2.37. The quantitative estimate of drug-likeness (QED) is 0.929. The monoisotopic (exact) mass is 314 g/mol. The van der Waals surface area contributed by atoms with Crippen molar-refractivity contribution >= 4 is 29.9 Å². The van der Waals surface area contributed by atoms with E-state index in [2.05, 4.69) is 5.32 Å². The van der Waals surface area contributed by atoms with Gasteiger partial charge in [-0.15, -0.1) is 12.4 Å². The van der Waals surface area contributed by atoms with Gasteiger partial charge in [0, 0.05) is 37.6 Å². The van der Waals surface area contributed by atoms with Gasteiger partial charge < -0.3 is 10.2 Å². The van der Waals surface area contributed by atoms with Crippen LogP contribution < -0.4 is 5.32 Å². The second-order valence-corrected chi connectivity index (χ2v) is 6.04. The van der Waals surface area contributed by atoms with Crippen LogP contribution in [0.2, 0.25) is 5.02 Å². The van der Waals surface area contributed by atoms with Crippen LogP contribution >= 0.6 is 24.0 Å². The molecular weight excluding hydrogens is 295 g/mol. The Morgan fingerprint density at radius 1 is 1.20 bits per heavy atom. The van der Waals surface area contributed by atoms with Gasteiger partial charge in [-0.25, -0.2) is 0 Å². The largest absolute Gasteiger partial charge is 0.342 e. The van der Waals surface area contributed by atoms with Gasteiger partial charge in [-0.2, -0.15) is 0 Å². The smallest absolute Gasteiger partial charge is 0.222 e. The lowest BCUT2D eigenvalue weighted by Crippen LogP contribution is -2.31. The van der Waals surface area contributed by atoms with E-state index in [1.54, 1.807) is 0 Å². The minimum Gasteiger partial charge on any atom is -0.342 e. The number of aryl methyl sites for hydroxylation is 1. The summed E-state index contributed by atoms with van der Waals surface area (Å²) in [6.45, 7) is 4.03. The molecule has 0 aromatic heterocycles. The van der Waals surface area contributed by atoms with Gasteiger partial charge in [0.15, 0.2) is 0 Å². The lowest BCUT2D eigenvalue weighted by molar-refractivity contribution is -0.130. The van der Waals surface area contributed by atoms with Crippen LogP contribution in [0.3, 0.4) is 0 Å². The third kappa shape index (κ3) is 3.46. The van der Waals surface area contributed by atoms with Gasteiger partial charge in [0.2, 0.25) is 5.91 Å². The summed E-state index contributed by atoms with van der Waals surface area (Å²) in [5.41, 5.74) is 1.18. The molecule has 0 unspecified atom stereocenters. The minimum atomic E-state index is 0. The van der Waals surface area contributed by atoms with E-state index in [1.165, 1.54) is 5.56 Å². The van der Waals surface area contributed by atoms with Crippen LogP contribution in [0.4, 0.5) is 0 Å². The van der Waals surface area contributed by atoms with Gasteiger partial charge in [-0.3, -0.25) is 4.79 Å². The van der Waals surface area contributed by atoms with Crippen LogP contribution in [-0.4, -0.2) is 37.0 Å². The summed E-state index contributed by atoms with van der Waals surface area (Å²) in [6, 6.07) is 7.76. The van der Waals surface area contributed by atoms with Crippen molar-refractivity contribution in [3.05, 3.63) is 34.9 Å². The molecule has 1 N–H and O–H groups in total. The zero-order valence-corrected chi connectivity index (χ0v) is 12.9. The Balaban J connectivity index is 0.00000147. The maximum absolute atomic E-state index is 12.2. The Morgan fingerprint density at radius 2 is 1.80 bits per heavy atom. The number of carbonyl (C=O) groups excluding carboxylic acids is 1. The molecule has 2 saturated heterocycles. The van der Waals surface area contributed by atoms with Gasteiger partial charge in [0.1, 0.15) is 0 Å². The summed E-state index contributed by atoms with van der Waals surface area (Å²) in [6.07, 6.45) is 1.41. The molecule has 110 valence electrons. The minimum absolute atomic E-state index is 0. The van der Waals surface area contributed by atoms with Crippen LogP contribution in [0.5, 0.6) is 0 Å². The second-order valence-electron chi connectivity index (χ2n) is 5.60. The molecule has 1 aromatic rings. The van der Waals surface area contributed by atoms with Crippen LogP contribution in [0.25, 0.3) is 0 Å². The average molecular weight is 315 g/mol. The summed E-state index contributed by atoms with van der Waals surface area (Å²) >= 11 is 5.85. The van der Waals surface area contributed by atoms with Gasteiger partial charge in [0.25, 0.3) is 0 Å². The SMILES string of the molecule is Cl.O=C(CCc1ccc(Cl)cc1)N1C[C@H]2CNC[C@H]2C1. The molecule has 3 nitrogen and oxygen atoms in total. The number of amides is 1.